The number of aliphatic carboxylic acids is 1. The van der Waals surface area contributed by atoms with Crippen molar-refractivity contribution in [1.29, 1.82) is 0 Å². The van der Waals surface area contributed by atoms with Crippen molar-refractivity contribution in [3.05, 3.63) is 40.9 Å². The van der Waals surface area contributed by atoms with E-state index in [2.05, 4.69) is 4.98 Å². The molecule has 0 saturated heterocycles. The van der Waals surface area contributed by atoms with Crippen molar-refractivity contribution in [1.82, 2.24) is 4.98 Å². The summed E-state index contributed by atoms with van der Waals surface area (Å²) in [6.45, 7) is 0. The first-order valence-corrected chi connectivity index (χ1v) is 10.3. The van der Waals surface area contributed by atoms with E-state index in [9.17, 15) is 20.1 Å². The van der Waals surface area contributed by atoms with Gasteiger partial charge in [0, 0.05) is 36.8 Å². The predicted octanol–water partition coefficient (Wildman–Crippen LogP) is 2.55. The normalized spacial score (nSPS) is 26.9. The van der Waals surface area contributed by atoms with Crippen LogP contribution in [0.3, 0.4) is 0 Å². The molecule has 1 saturated carbocycles. The minimum absolute atomic E-state index is 0.0989. The van der Waals surface area contributed by atoms with Crippen molar-refractivity contribution in [3.8, 4) is 0 Å². The number of unbranched alkanes of at least 4 members (excludes halogenated alkanes) is 1. The van der Waals surface area contributed by atoms with Gasteiger partial charge in [-0.1, -0.05) is 24.3 Å². The van der Waals surface area contributed by atoms with E-state index >= 15 is 0 Å². The largest absolute Gasteiger partial charge is 0.481 e. The molecule has 0 aromatic carbocycles. The Balaban J connectivity index is 1.81. The maximum absolute atomic E-state index is 10.5. The lowest BCUT2D eigenvalue weighted by molar-refractivity contribution is -0.137. The average Bonchev–Trinajstić information content (AvgIpc) is 3.22. The molecule has 4 N–H and O–H groups in total. The first-order valence-electron chi connectivity index (χ1n) is 9.45. The standard InChI is InChI=1S/C20H29NO5S/c22-14(8-10-19-21-11-12-27-19)7-9-16-15(17(23)13-18(16)24)5-3-1-2-4-6-20(25)26/h1,3,7,9,11-12,14-18,22-24H,2,4-6,8,10,13H2,(H,25,26). The molecule has 150 valence electrons. The summed E-state index contributed by atoms with van der Waals surface area (Å²) in [4.78, 5) is 14.7. The Kier molecular flexibility index (Phi) is 9.14. The third kappa shape index (κ3) is 7.54. The predicted molar refractivity (Wildman–Crippen MR) is 104 cm³/mol. The molecule has 1 aliphatic rings. The highest BCUT2D eigenvalue weighted by Crippen LogP contribution is 2.36. The van der Waals surface area contributed by atoms with Gasteiger partial charge in [0.2, 0.25) is 0 Å². The van der Waals surface area contributed by atoms with Gasteiger partial charge in [-0.3, -0.25) is 4.79 Å². The molecule has 2 rings (SSSR count). The van der Waals surface area contributed by atoms with E-state index in [-0.39, 0.29) is 18.3 Å². The van der Waals surface area contributed by atoms with E-state index in [0.29, 0.717) is 38.5 Å². The number of hydrogen-bond acceptors (Lipinski definition) is 6. The number of carboxylic acids is 1. The number of aryl methyl sites for hydroxylation is 1. The molecule has 27 heavy (non-hydrogen) atoms. The summed E-state index contributed by atoms with van der Waals surface area (Å²) in [6, 6.07) is 0. The number of rotatable bonds is 11. The third-order valence-electron chi connectivity index (χ3n) is 4.95. The molecular formula is C20H29NO5S. The quantitative estimate of drug-likeness (QED) is 0.338. The van der Waals surface area contributed by atoms with Crippen LogP contribution in [0, 0.1) is 11.8 Å². The molecule has 1 aliphatic carbocycles. The Morgan fingerprint density at radius 1 is 1.33 bits per heavy atom. The molecule has 7 heteroatoms. The fourth-order valence-corrected chi connectivity index (χ4v) is 4.09. The third-order valence-corrected chi connectivity index (χ3v) is 5.78. The van der Waals surface area contributed by atoms with Gasteiger partial charge in [0.05, 0.1) is 23.3 Å². The van der Waals surface area contributed by atoms with E-state index in [1.165, 1.54) is 0 Å². The molecule has 0 radical (unpaired) electrons. The fraction of sp³-hybridized carbons (Fsp3) is 0.600. The van der Waals surface area contributed by atoms with Gasteiger partial charge in [-0.2, -0.15) is 0 Å². The lowest BCUT2D eigenvalue weighted by Crippen LogP contribution is -2.20. The fourth-order valence-electron chi connectivity index (χ4n) is 3.45. The van der Waals surface area contributed by atoms with Crippen molar-refractivity contribution in [3.63, 3.8) is 0 Å². The second-order valence-electron chi connectivity index (χ2n) is 7.02. The first kappa shape index (κ1) is 21.8. The van der Waals surface area contributed by atoms with Crippen LogP contribution in [0.25, 0.3) is 0 Å². The number of aromatic nitrogens is 1. The van der Waals surface area contributed by atoms with Gasteiger partial charge in [-0.15, -0.1) is 11.3 Å². The van der Waals surface area contributed by atoms with Crippen LogP contribution >= 0.6 is 11.3 Å². The SMILES string of the molecule is O=C(O)CCCC=CCC1C(O)CC(O)C1C=CC(O)CCc1nccs1. The monoisotopic (exact) mass is 395 g/mol. The van der Waals surface area contributed by atoms with Crippen LogP contribution in [-0.4, -0.2) is 49.7 Å². The van der Waals surface area contributed by atoms with Crippen molar-refractivity contribution < 1.29 is 25.2 Å². The number of carbonyl (C=O) groups is 1. The van der Waals surface area contributed by atoms with E-state index in [1.54, 1.807) is 23.6 Å². The number of nitrogens with zero attached hydrogens (tertiary/aromatic N) is 1. The summed E-state index contributed by atoms with van der Waals surface area (Å²) >= 11 is 1.57. The first-order chi connectivity index (χ1) is 13.0. The summed E-state index contributed by atoms with van der Waals surface area (Å²) in [5.41, 5.74) is 0. The highest BCUT2D eigenvalue weighted by Gasteiger charge is 2.39. The zero-order chi connectivity index (χ0) is 19.6. The molecule has 5 unspecified atom stereocenters. The summed E-state index contributed by atoms with van der Waals surface area (Å²) in [5.74, 6) is -1.09. The van der Waals surface area contributed by atoms with Crippen LogP contribution in [0.5, 0.6) is 0 Å². The molecule has 0 bridgehead atoms. The van der Waals surface area contributed by atoms with Crippen molar-refractivity contribution in [2.75, 3.05) is 0 Å². The maximum atomic E-state index is 10.5. The Labute approximate surface area is 163 Å². The van der Waals surface area contributed by atoms with E-state index in [4.69, 9.17) is 5.11 Å². The maximum Gasteiger partial charge on any atom is 0.303 e. The molecule has 1 aromatic rings. The lowest BCUT2D eigenvalue weighted by Gasteiger charge is -2.19. The summed E-state index contributed by atoms with van der Waals surface area (Å²) in [5, 5.41) is 42.1. The van der Waals surface area contributed by atoms with Crippen LogP contribution in [0.15, 0.2) is 35.9 Å². The molecule has 0 amide bonds. The minimum atomic E-state index is -0.795. The molecule has 0 spiro atoms. The molecule has 5 atom stereocenters. The zero-order valence-electron chi connectivity index (χ0n) is 15.4. The zero-order valence-corrected chi connectivity index (χ0v) is 16.2. The molecular weight excluding hydrogens is 366 g/mol. The topological polar surface area (TPSA) is 111 Å². The number of thiazole rings is 1. The molecule has 1 aromatic heterocycles. The number of allylic oxidation sites excluding steroid dienone is 2. The van der Waals surface area contributed by atoms with E-state index in [0.717, 1.165) is 5.01 Å². The second kappa shape index (κ2) is 11.3. The van der Waals surface area contributed by atoms with Crippen molar-refractivity contribution in [2.24, 2.45) is 11.8 Å². The highest BCUT2D eigenvalue weighted by atomic mass is 32.1. The summed E-state index contributed by atoms with van der Waals surface area (Å²) in [6.07, 6.45) is 11.0. The van der Waals surface area contributed by atoms with Crippen LogP contribution in [-0.2, 0) is 11.2 Å². The summed E-state index contributed by atoms with van der Waals surface area (Å²) < 4.78 is 0. The van der Waals surface area contributed by atoms with Crippen LogP contribution in [0.2, 0.25) is 0 Å². The Bertz CT molecular complexity index is 616. The number of hydrogen-bond donors (Lipinski definition) is 4. The molecule has 6 nitrogen and oxygen atoms in total. The number of aliphatic hydroxyl groups excluding tert-OH is 3. The Hall–Kier alpha value is -1.54. The van der Waals surface area contributed by atoms with Gasteiger partial charge in [0.1, 0.15) is 0 Å². The molecule has 0 aliphatic heterocycles. The lowest BCUT2D eigenvalue weighted by atomic mass is 9.89. The number of aliphatic hydroxyl groups is 3. The smallest absolute Gasteiger partial charge is 0.303 e. The van der Waals surface area contributed by atoms with Gasteiger partial charge in [0.15, 0.2) is 0 Å². The van der Waals surface area contributed by atoms with E-state index in [1.807, 2.05) is 23.6 Å². The molecule has 1 heterocycles. The minimum Gasteiger partial charge on any atom is -0.481 e. The van der Waals surface area contributed by atoms with E-state index < -0.39 is 24.3 Å². The van der Waals surface area contributed by atoms with Crippen LogP contribution in [0.1, 0.15) is 43.5 Å². The second-order valence-corrected chi connectivity index (χ2v) is 8.00. The van der Waals surface area contributed by atoms with Gasteiger partial charge < -0.3 is 20.4 Å². The average molecular weight is 396 g/mol. The highest BCUT2D eigenvalue weighted by molar-refractivity contribution is 7.09. The Morgan fingerprint density at radius 2 is 2.15 bits per heavy atom. The summed E-state index contributed by atoms with van der Waals surface area (Å²) in [7, 11) is 0. The Morgan fingerprint density at radius 3 is 2.85 bits per heavy atom. The van der Waals surface area contributed by atoms with Gasteiger partial charge >= 0.3 is 5.97 Å². The molecule has 1 fully saturated rings. The van der Waals surface area contributed by atoms with Crippen LogP contribution < -0.4 is 0 Å². The van der Waals surface area contributed by atoms with Crippen LogP contribution in [0.4, 0.5) is 0 Å². The van der Waals surface area contributed by atoms with Gasteiger partial charge in [0.25, 0.3) is 0 Å². The van der Waals surface area contributed by atoms with Gasteiger partial charge in [-0.05, 0) is 31.6 Å². The van der Waals surface area contributed by atoms with Crippen molar-refractivity contribution >= 4 is 17.3 Å². The van der Waals surface area contributed by atoms with Crippen molar-refractivity contribution in [2.45, 2.75) is 63.3 Å². The number of carboxylic acid groups (broad SMARTS) is 1. The van der Waals surface area contributed by atoms with Gasteiger partial charge in [-0.25, -0.2) is 4.98 Å².